The fraction of sp³-hybridized carbons (Fsp3) is 0.111. The molecule has 0 N–H and O–H groups in total. The number of nitrogens with zero attached hydrogens (tertiary/aromatic N) is 1. The van der Waals surface area contributed by atoms with E-state index in [9.17, 15) is 9.18 Å². The van der Waals surface area contributed by atoms with Crippen LogP contribution in [0.3, 0.4) is 0 Å². The standard InChI is InChI=1S/C18H13BrFNO4/c1-23-18(22)12-4-7-16(15(19)8-12)24-9-14-10-25-17(21-14)11-2-5-13(20)6-3-11/h2-8,10H,9H2,1H3. The number of ether oxygens (including phenoxy) is 2. The highest BCUT2D eigenvalue weighted by molar-refractivity contribution is 9.10. The van der Waals surface area contributed by atoms with Crippen LogP contribution in [-0.2, 0) is 11.3 Å². The lowest BCUT2D eigenvalue weighted by Gasteiger charge is -2.07. The van der Waals surface area contributed by atoms with Crippen LogP contribution >= 0.6 is 15.9 Å². The summed E-state index contributed by atoms with van der Waals surface area (Å²) in [7, 11) is 1.32. The molecule has 2 aromatic carbocycles. The minimum absolute atomic E-state index is 0.181. The molecule has 0 fully saturated rings. The molecule has 5 nitrogen and oxygen atoms in total. The van der Waals surface area contributed by atoms with Gasteiger partial charge in [0.25, 0.3) is 0 Å². The maximum atomic E-state index is 13.0. The Balaban J connectivity index is 1.68. The van der Waals surface area contributed by atoms with Crippen LogP contribution in [0.5, 0.6) is 5.75 Å². The second-order valence-electron chi connectivity index (χ2n) is 5.08. The first-order valence-electron chi connectivity index (χ1n) is 7.28. The number of hydrogen-bond acceptors (Lipinski definition) is 5. The first-order valence-corrected chi connectivity index (χ1v) is 8.07. The van der Waals surface area contributed by atoms with Gasteiger partial charge in [-0.3, -0.25) is 0 Å². The minimum atomic E-state index is -0.423. The van der Waals surface area contributed by atoms with Gasteiger partial charge >= 0.3 is 5.97 Å². The lowest BCUT2D eigenvalue weighted by molar-refractivity contribution is 0.0600. The van der Waals surface area contributed by atoms with Gasteiger partial charge in [0.05, 0.1) is 17.1 Å². The van der Waals surface area contributed by atoms with Crippen molar-refractivity contribution < 1.29 is 23.1 Å². The second-order valence-corrected chi connectivity index (χ2v) is 5.93. The third kappa shape index (κ3) is 4.06. The Labute approximate surface area is 151 Å². The van der Waals surface area contributed by atoms with Crippen molar-refractivity contribution in [3.8, 4) is 17.2 Å². The van der Waals surface area contributed by atoms with E-state index in [4.69, 9.17) is 9.15 Å². The molecular formula is C18H13BrFNO4. The number of esters is 1. The molecule has 3 aromatic rings. The van der Waals surface area contributed by atoms with Crippen molar-refractivity contribution in [2.24, 2.45) is 0 Å². The average molecular weight is 406 g/mol. The van der Waals surface area contributed by atoms with Crippen LogP contribution in [0.25, 0.3) is 11.5 Å². The number of rotatable bonds is 5. The number of aromatic nitrogens is 1. The predicted molar refractivity (Wildman–Crippen MR) is 91.7 cm³/mol. The van der Waals surface area contributed by atoms with Crippen molar-refractivity contribution >= 4 is 21.9 Å². The molecule has 25 heavy (non-hydrogen) atoms. The summed E-state index contributed by atoms with van der Waals surface area (Å²) in [6.45, 7) is 0.181. The van der Waals surface area contributed by atoms with Crippen LogP contribution in [0.4, 0.5) is 4.39 Å². The monoisotopic (exact) mass is 405 g/mol. The van der Waals surface area contributed by atoms with Crippen LogP contribution in [0.2, 0.25) is 0 Å². The number of methoxy groups -OCH3 is 1. The molecule has 0 saturated heterocycles. The van der Waals surface area contributed by atoms with Gasteiger partial charge in [0, 0.05) is 5.56 Å². The van der Waals surface area contributed by atoms with E-state index in [1.54, 1.807) is 30.3 Å². The molecule has 1 aromatic heterocycles. The Hall–Kier alpha value is -2.67. The summed E-state index contributed by atoms with van der Waals surface area (Å²) >= 11 is 3.35. The first kappa shape index (κ1) is 17.2. The Morgan fingerprint density at radius 3 is 2.68 bits per heavy atom. The van der Waals surface area contributed by atoms with E-state index < -0.39 is 5.97 Å². The van der Waals surface area contributed by atoms with Gasteiger partial charge in [0.2, 0.25) is 5.89 Å². The topological polar surface area (TPSA) is 61.6 Å². The lowest BCUT2D eigenvalue weighted by atomic mass is 10.2. The third-order valence-electron chi connectivity index (χ3n) is 3.37. The van der Waals surface area contributed by atoms with Gasteiger partial charge in [0.15, 0.2) is 0 Å². The summed E-state index contributed by atoms with van der Waals surface area (Å²) < 4.78 is 29.3. The van der Waals surface area contributed by atoms with E-state index in [0.717, 1.165) is 0 Å². The molecule has 0 unspecified atom stereocenters. The molecule has 0 amide bonds. The SMILES string of the molecule is COC(=O)c1ccc(OCc2coc(-c3ccc(F)cc3)n2)c(Br)c1. The number of benzene rings is 2. The zero-order chi connectivity index (χ0) is 17.8. The summed E-state index contributed by atoms with van der Waals surface area (Å²) in [5, 5.41) is 0. The molecule has 3 rings (SSSR count). The Bertz CT molecular complexity index is 892. The fourth-order valence-corrected chi connectivity index (χ4v) is 2.61. The van der Waals surface area contributed by atoms with Gasteiger partial charge in [-0.25, -0.2) is 14.2 Å². The van der Waals surface area contributed by atoms with Gasteiger partial charge in [-0.05, 0) is 58.4 Å². The number of halogens is 2. The minimum Gasteiger partial charge on any atom is -0.486 e. The normalized spacial score (nSPS) is 10.5. The van der Waals surface area contributed by atoms with Crippen molar-refractivity contribution in [2.75, 3.05) is 7.11 Å². The molecule has 0 radical (unpaired) electrons. The Morgan fingerprint density at radius 2 is 2.00 bits per heavy atom. The summed E-state index contributed by atoms with van der Waals surface area (Å²) in [5.74, 6) is 0.199. The molecular weight excluding hydrogens is 393 g/mol. The van der Waals surface area contributed by atoms with Crippen molar-refractivity contribution in [2.45, 2.75) is 6.61 Å². The van der Waals surface area contributed by atoms with E-state index in [2.05, 4.69) is 25.7 Å². The molecule has 1 heterocycles. The van der Waals surface area contributed by atoms with Crippen LogP contribution in [0.15, 0.2) is 57.6 Å². The summed E-state index contributed by atoms with van der Waals surface area (Å²) in [5.41, 5.74) is 1.68. The molecule has 128 valence electrons. The maximum absolute atomic E-state index is 13.0. The molecule has 0 bridgehead atoms. The summed E-state index contributed by atoms with van der Waals surface area (Å²) in [4.78, 5) is 15.8. The van der Waals surface area contributed by atoms with E-state index in [1.165, 1.54) is 25.5 Å². The molecule has 0 aliphatic rings. The lowest BCUT2D eigenvalue weighted by Crippen LogP contribution is -2.02. The highest BCUT2D eigenvalue weighted by Crippen LogP contribution is 2.27. The van der Waals surface area contributed by atoms with E-state index in [0.29, 0.717) is 32.9 Å². The number of oxazole rings is 1. The molecule has 0 atom stereocenters. The molecule has 0 aliphatic heterocycles. The van der Waals surface area contributed by atoms with Crippen LogP contribution < -0.4 is 4.74 Å². The van der Waals surface area contributed by atoms with Crippen LogP contribution in [0.1, 0.15) is 16.1 Å². The fourth-order valence-electron chi connectivity index (χ4n) is 2.11. The first-order chi connectivity index (χ1) is 12.1. The smallest absolute Gasteiger partial charge is 0.337 e. The summed E-state index contributed by atoms with van der Waals surface area (Å²) in [6.07, 6.45) is 1.48. The van der Waals surface area contributed by atoms with E-state index in [1.807, 2.05) is 0 Å². The number of carbonyl (C=O) groups excluding carboxylic acids is 1. The third-order valence-corrected chi connectivity index (χ3v) is 3.99. The van der Waals surface area contributed by atoms with Crippen molar-refractivity contribution in [1.82, 2.24) is 4.98 Å². The van der Waals surface area contributed by atoms with Crippen molar-refractivity contribution in [3.05, 3.63) is 70.3 Å². The maximum Gasteiger partial charge on any atom is 0.337 e. The van der Waals surface area contributed by atoms with Crippen LogP contribution in [-0.4, -0.2) is 18.1 Å². The highest BCUT2D eigenvalue weighted by atomic mass is 79.9. The van der Waals surface area contributed by atoms with Crippen molar-refractivity contribution in [3.63, 3.8) is 0 Å². The molecule has 7 heteroatoms. The average Bonchev–Trinajstić information content (AvgIpc) is 3.09. The van der Waals surface area contributed by atoms with Gasteiger partial charge in [-0.1, -0.05) is 0 Å². The quantitative estimate of drug-likeness (QED) is 0.580. The zero-order valence-corrected chi connectivity index (χ0v) is 14.7. The number of hydrogen-bond donors (Lipinski definition) is 0. The van der Waals surface area contributed by atoms with Gasteiger partial charge in [0.1, 0.15) is 30.1 Å². The van der Waals surface area contributed by atoms with Gasteiger partial charge < -0.3 is 13.9 Å². The van der Waals surface area contributed by atoms with Gasteiger partial charge in [-0.2, -0.15) is 0 Å². The number of carbonyl (C=O) groups is 1. The van der Waals surface area contributed by atoms with Crippen molar-refractivity contribution in [1.29, 1.82) is 0 Å². The zero-order valence-electron chi connectivity index (χ0n) is 13.2. The van der Waals surface area contributed by atoms with E-state index in [-0.39, 0.29) is 12.4 Å². The Kier molecular flexibility index (Phi) is 5.14. The predicted octanol–water partition coefficient (Wildman–Crippen LogP) is 4.61. The second kappa shape index (κ2) is 7.48. The molecule has 0 saturated carbocycles. The summed E-state index contributed by atoms with van der Waals surface area (Å²) in [6, 6.07) is 10.8. The molecule has 0 aliphatic carbocycles. The van der Waals surface area contributed by atoms with Crippen LogP contribution in [0, 0.1) is 5.82 Å². The Morgan fingerprint density at radius 1 is 1.24 bits per heavy atom. The largest absolute Gasteiger partial charge is 0.486 e. The van der Waals surface area contributed by atoms with Gasteiger partial charge in [-0.15, -0.1) is 0 Å². The molecule has 0 spiro atoms. The highest BCUT2D eigenvalue weighted by Gasteiger charge is 2.11. The van der Waals surface area contributed by atoms with E-state index >= 15 is 0 Å².